The van der Waals surface area contributed by atoms with E-state index in [1.807, 2.05) is 19.1 Å². The summed E-state index contributed by atoms with van der Waals surface area (Å²) in [6, 6.07) is 12.2. The van der Waals surface area contributed by atoms with Gasteiger partial charge in [0.15, 0.2) is 11.5 Å². The number of aryl methyl sites for hydroxylation is 1. The monoisotopic (exact) mass is 354 g/mol. The zero-order valence-corrected chi connectivity index (χ0v) is 15.6. The van der Waals surface area contributed by atoms with Gasteiger partial charge in [0.05, 0.1) is 20.8 Å². The topological polar surface area (TPSA) is 58.6 Å². The molecule has 1 aromatic heterocycles. The van der Waals surface area contributed by atoms with Gasteiger partial charge in [-0.3, -0.25) is 0 Å². The molecule has 0 aliphatic rings. The second-order valence-electron chi connectivity index (χ2n) is 6.23. The Labute approximate surface area is 154 Å². The Hall–Kier alpha value is -2.66. The molecule has 0 atom stereocenters. The first kappa shape index (κ1) is 18.1. The SMILES string of the molecule is COc1cc(OCCn2cc(CCN)c3ccccc32)cc(C)c1OC. The van der Waals surface area contributed by atoms with Crippen molar-refractivity contribution in [2.75, 3.05) is 27.4 Å². The Bertz CT molecular complexity index is 886. The molecule has 3 aromatic rings. The van der Waals surface area contributed by atoms with Crippen molar-refractivity contribution in [1.29, 1.82) is 0 Å². The Morgan fingerprint density at radius 3 is 2.62 bits per heavy atom. The van der Waals surface area contributed by atoms with Crippen molar-refractivity contribution in [2.45, 2.75) is 19.9 Å². The van der Waals surface area contributed by atoms with E-state index in [2.05, 4.69) is 35.0 Å². The lowest BCUT2D eigenvalue weighted by molar-refractivity contribution is 0.295. The zero-order chi connectivity index (χ0) is 18.5. The molecule has 5 nitrogen and oxygen atoms in total. The normalized spacial score (nSPS) is 10.9. The average molecular weight is 354 g/mol. The van der Waals surface area contributed by atoms with Gasteiger partial charge in [0, 0.05) is 23.2 Å². The van der Waals surface area contributed by atoms with Crippen molar-refractivity contribution < 1.29 is 14.2 Å². The predicted octanol–water partition coefficient (Wildman–Crippen LogP) is 3.55. The van der Waals surface area contributed by atoms with Crippen LogP contribution in [0.25, 0.3) is 10.9 Å². The summed E-state index contributed by atoms with van der Waals surface area (Å²) < 4.78 is 19.0. The number of rotatable bonds is 8. The van der Waals surface area contributed by atoms with Crippen molar-refractivity contribution in [1.82, 2.24) is 4.57 Å². The van der Waals surface area contributed by atoms with Gasteiger partial charge in [-0.05, 0) is 43.1 Å². The summed E-state index contributed by atoms with van der Waals surface area (Å²) in [5.74, 6) is 2.20. The number of methoxy groups -OCH3 is 2. The molecule has 0 saturated heterocycles. The van der Waals surface area contributed by atoms with Crippen LogP contribution in [0, 0.1) is 6.92 Å². The van der Waals surface area contributed by atoms with Crippen molar-refractivity contribution in [3.05, 3.63) is 53.7 Å². The van der Waals surface area contributed by atoms with Gasteiger partial charge in [-0.25, -0.2) is 0 Å². The molecule has 138 valence electrons. The van der Waals surface area contributed by atoms with E-state index < -0.39 is 0 Å². The summed E-state index contributed by atoms with van der Waals surface area (Å²) in [4.78, 5) is 0. The fraction of sp³-hybridized carbons (Fsp3) is 0.333. The van der Waals surface area contributed by atoms with Crippen LogP contribution in [0.2, 0.25) is 0 Å². The molecular weight excluding hydrogens is 328 g/mol. The number of hydrogen-bond donors (Lipinski definition) is 1. The fourth-order valence-electron chi connectivity index (χ4n) is 3.33. The average Bonchev–Trinajstić information content (AvgIpc) is 2.99. The van der Waals surface area contributed by atoms with Crippen molar-refractivity contribution in [3.63, 3.8) is 0 Å². The third-order valence-corrected chi connectivity index (χ3v) is 4.52. The molecule has 0 bridgehead atoms. The van der Waals surface area contributed by atoms with E-state index >= 15 is 0 Å². The lowest BCUT2D eigenvalue weighted by Gasteiger charge is -2.14. The van der Waals surface area contributed by atoms with Crippen LogP contribution in [-0.4, -0.2) is 31.9 Å². The highest BCUT2D eigenvalue weighted by atomic mass is 16.5. The van der Waals surface area contributed by atoms with Gasteiger partial charge in [-0.1, -0.05) is 18.2 Å². The van der Waals surface area contributed by atoms with Crippen molar-refractivity contribution in [2.24, 2.45) is 5.73 Å². The molecule has 26 heavy (non-hydrogen) atoms. The van der Waals surface area contributed by atoms with Crippen LogP contribution in [0.15, 0.2) is 42.6 Å². The van der Waals surface area contributed by atoms with Crippen LogP contribution in [-0.2, 0) is 13.0 Å². The second kappa shape index (κ2) is 8.15. The summed E-state index contributed by atoms with van der Waals surface area (Å²) in [7, 11) is 3.27. The highest BCUT2D eigenvalue weighted by Gasteiger charge is 2.11. The molecule has 0 unspecified atom stereocenters. The summed E-state index contributed by atoms with van der Waals surface area (Å²) in [5, 5.41) is 1.26. The van der Waals surface area contributed by atoms with Crippen LogP contribution >= 0.6 is 0 Å². The van der Waals surface area contributed by atoms with Crippen LogP contribution in [0.5, 0.6) is 17.2 Å². The van der Waals surface area contributed by atoms with E-state index in [0.717, 1.165) is 30.0 Å². The largest absolute Gasteiger partial charge is 0.493 e. The minimum Gasteiger partial charge on any atom is -0.493 e. The standard InChI is InChI=1S/C21H26N2O3/c1-15-12-17(13-20(24-2)21(15)25-3)26-11-10-23-14-16(8-9-22)18-6-4-5-7-19(18)23/h4-7,12-14H,8-11,22H2,1-3H3. The van der Waals surface area contributed by atoms with Crippen molar-refractivity contribution in [3.8, 4) is 17.2 Å². The van der Waals surface area contributed by atoms with Crippen molar-refractivity contribution >= 4 is 10.9 Å². The minimum atomic E-state index is 0.565. The first-order valence-corrected chi connectivity index (χ1v) is 8.80. The predicted molar refractivity (Wildman–Crippen MR) is 104 cm³/mol. The maximum atomic E-state index is 5.97. The van der Waals surface area contributed by atoms with Crippen LogP contribution in [0.3, 0.4) is 0 Å². The van der Waals surface area contributed by atoms with Gasteiger partial charge in [-0.15, -0.1) is 0 Å². The van der Waals surface area contributed by atoms with Gasteiger partial charge in [-0.2, -0.15) is 0 Å². The number of hydrogen-bond acceptors (Lipinski definition) is 4. The Balaban J connectivity index is 1.74. The molecule has 1 heterocycles. The lowest BCUT2D eigenvalue weighted by Crippen LogP contribution is -2.08. The van der Waals surface area contributed by atoms with E-state index in [1.165, 1.54) is 16.5 Å². The molecule has 2 aromatic carbocycles. The van der Waals surface area contributed by atoms with Crippen LogP contribution < -0.4 is 19.9 Å². The summed E-state index contributed by atoms with van der Waals surface area (Å²) in [6.45, 7) is 3.95. The molecule has 0 radical (unpaired) electrons. The minimum absolute atomic E-state index is 0.565. The number of fused-ring (bicyclic) bond motifs is 1. The quantitative estimate of drug-likeness (QED) is 0.672. The first-order chi connectivity index (χ1) is 12.7. The Kier molecular flexibility index (Phi) is 5.68. The molecule has 2 N–H and O–H groups in total. The first-order valence-electron chi connectivity index (χ1n) is 8.80. The highest BCUT2D eigenvalue weighted by molar-refractivity contribution is 5.84. The van der Waals surface area contributed by atoms with Gasteiger partial charge in [0.25, 0.3) is 0 Å². The number of ether oxygens (including phenoxy) is 3. The highest BCUT2D eigenvalue weighted by Crippen LogP contribution is 2.35. The maximum Gasteiger partial charge on any atom is 0.164 e. The molecule has 0 spiro atoms. The smallest absolute Gasteiger partial charge is 0.164 e. The molecule has 0 amide bonds. The number of para-hydroxylation sites is 1. The fourth-order valence-corrected chi connectivity index (χ4v) is 3.33. The molecule has 3 rings (SSSR count). The molecule has 0 fully saturated rings. The van der Waals surface area contributed by atoms with E-state index in [9.17, 15) is 0 Å². The Morgan fingerprint density at radius 1 is 1.08 bits per heavy atom. The van der Waals surface area contributed by atoms with E-state index in [0.29, 0.717) is 18.9 Å². The van der Waals surface area contributed by atoms with E-state index in [-0.39, 0.29) is 0 Å². The number of nitrogens with two attached hydrogens (primary N) is 1. The molecule has 0 aliphatic heterocycles. The van der Waals surface area contributed by atoms with Gasteiger partial charge in [0.2, 0.25) is 0 Å². The summed E-state index contributed by atoms with van der Waals surface area (Å²) in [6.07, 6.45) is 3.06. The van der Waals surface area contributed by atoms with Crippen LogP contribution in [0.1, 0.15) is 11.1 Å². The van der Waals surface area contributed by atoms with Gasteiger partial charge >= 0.3 is 0 Å². The Morgan fingerprint density at radius 2 is 1.88 bits per heavy atom. The lowest BCUT2D eigenvalue weighted by atomic mass is 10.1. The molecule has 5 heteroatoms. The molecular formula is C21H26N2O3. The van der Waals surface area contributed by atoms with Gasteiger partial charge in [0.1, 0.15) is 12.4 Å². The van der Waals surface area contributed by atoms with E-state index in [4.69, 9.17) is 19.9 Å². The van der Waals surface area contributed by atoms with Crippen LogP contribution in [0.4, 0.5) is 0 Å². The summed E-state index contributed by atoms with van der Waals surface area (Å²) >= 11 is 0. The second-order valence-corrected chi connectivity index (χ2v) is 6.23. The molecule has 0 aliphatic carbocycles. The third-order valence-electron chi connectivity index (χ3n) is 4.52. The van der Waals surface area contributed by atoms with E-state index in [1.54, 1.807) is 14.2 Å². The number of nitrogens with zero attached hydrogens (tertiary/aromatic N) is 1. The zero-order valence-electron chi connectivity index (χ0n) is 15.6. The maximum absolute atomic E-state index is 5.97. The molecule has 0 saturated carbocycles. The number of aromatic nitrogens is 1. The third kappa shape index (κ3) is 3.63. The summed E-state index contributed by atoms with van der Waals surface area (Å²) in [5.41, 5.74) is 9.22. The van der Waals surface area contributed by atoms with Gasteiger partial charge < -0.3 is 24.5 Å². The number of benzene rings is 2.